The van der Waals surface area contributed by atoms with Gasteiger partial charge in [-0.3, -0.25) is 4.68 Å². The Bertz CT molecular complexity index is 435. The van der Waals surface area contributed by atoms with Gasteiger partial charge in [0.05, 0.1) is 35.6 Å². The molecule has 0 radical (unpaired) electrons. The topological polar surface area (TPSA) is 47.3 Å². The molecule has 1 saturated carbocycles. The van der Waals surface area contributed by atoms with Crippen LogP contribution in [0.5, 0.6) is 0 Å². The maximum absolute atomic E-state index is 10.7. The van der Waals surface area contributed by atoms with Crippen LogP contribution in [0.2, 0.25) is 0 Å². The molecule has 1 heterocycles. The predicted octanol–water partition coefficient (Wildman–Crippen LogP) is 3.54. The largest absolute Gasteiger partial charge is 0.386 e. The van der Waals surface area contributed by atoms with Crippen molar-refractivity contribution < 1.29 is 9.84 Å². The highest BCUT2D eigenvalue weighted by atomic mass is 79.9. The van der Waals surface area contributed by atoms with Gasteiger partial charge in [-0.25, -0.2) is 0 Å². The minimum absolute atomic E-state index is 0.331. The third-order valence-corrected chi connectivity index (χ3v) is 5.06. The number of hydrogen-bond donors (Lipinski definition) is 1. The molecule has 2 rings (SSSR count). The van der Waals surface area contributed by atoms with Crippen LogP contribution in [0.25, 0.3) is 0 Å². The summed E-state index contributed by atoms with van der Waals surface area (Å²) in [7, 11) is 1.68. The molecule has 0 aliphatic heterocycles. The first-order valence-corrected chi connectivity index (χ1v) is 8.12. The summed E-state index contributed by atoms with van der Waals surface area (Å²) in [5.74, 6) is 0.331. The fourth-order valence-electron chi connectivity index (χ4n) is 2.98. The Balaban J connectivity index is 2.09. The van der Waals surface area contributed by atoms with Crippen molar-refractivity contribution in [3.05, 3.63) is 16.4 Å². The predicted molar refractivity (Wildman–Crippen MR) is 82.5 cm³/mol. The third-order valence-electron chi connectivity index (χ3n) is 4.45. The van der Waals surface area contributed by atoms with Gasteiger partial charge in [-0.1, -0.05) is 13.8 Å². The number of nitrogens with zero attached hydrogens (tertiary/aromatic N) is 2. The van der Waals surface area contributed by atoms with Gasteiger partial charge in [-0.2, -0.15) is 5.10 Å². The summed E-state index contributed by atoms with van der Waals surface area (Å²) >= 11 is 3.51. The zero-order valence-corrected chi connectivity index (χ0v) is 14.2. The van der Waals surface area contributed by atoms with E-state index in [1.165, 1.54) is 12.8 Å². The fraction of sp³-hybridized carbons (Fsp3) is 0.800. The Labute approximate surface area is 129 Å². The molecule has 1 atom stereocenters. The molecule has 1 unspecified atom stereocenters. The van der Waals surface area contributed by atoms with Crippen LogP contribution in [-0.2, 0) is 11.3 Å². The molecule has 0 amide bonds. The van der Waals surface area contributed by atoms with Gasteiger partial charge in [0, 0.05) is 7.11 Å². The molecule has 0 bridgehead atoms. The van der Waals surface area contributed by atoms with Gasteiger partial charge in [-0.05, 0) is 52.9 Å². The van der Waals surface area contributed by atoms with Crippen LogP contribution >= 0.6 is 15.9 Å². The highest BCUT2D eigenvalue weighted by Gasteiger charge is 2.33. The molecule has 5 heteroatoms. The number of ether oxygens (including phenoxy) is 1. The van der Waals surface area contributed by atoms with Crippen molar-refractivity contribution in [1.29, 1.82) is 0 Å². The van der Waals surface area contributed by atoms with Crippen LogP contribution in [0.1, 0.15) is 51.3 Å². The number of aliphatic hydroxyl groups excluding tert-OH is 1. The van der Waals surface area contributed by atoms with Gasteiger partial charge in [0.25, 0.3) is 0 Å². The lowest BCUT2D eigenvalue weighted by Crippen LogP contribution is -2.26. The molecule has 20 heavy (non-hydrogen) atoms. The Morgan fingerprint density at radius 2 is 2.15 bits per heavy atom. The molecule has 1 aromatic heterocycles. The molecule has 1 aliphatic rings. The second-order valence-corrected chi connectivity index (χ2v) is 7.39. The number of rotatable bonds is 5. The van der Waals surface area contributed by atoms with Crippen LogP contribution in [-0.4, -0.2) is 28.6 Å². The number of aliphatic hydroxyl groups is 1. The molecule has 1 aromatic rings. The summed E-state index contributed by atoms with van der Waals surface area (Å²) in [6.07, 6.45) is 5.84. The molecule has 1 aliphatic carbocycles. The fourth-order valence-corrected chi connectivity index (χ4v) is 3.51. The van der Waals surface area contributed by atoms with Crippen molar-refractivity contribution in [1.82, 2.24) is 9.78 Å². The Morgan fingerprint density at radius 1 is 1.50 bits per heavy atom. The number of halogens is 1. The SMILES string of the molecule is COCCn1ncc(Br)c1C(O)C1CCC(C)(C)CC1. The first-order valence-electron chi connectivity index (χ1n) is 7.33. The van der Waals surface area contributed by atoms with Gasteiger partial charge >= 0.3 is 0 Å². The van der Waals surface area contributed by atoms with E-state index in [1.54, 1.807) is 13.3 Å². The summed E-state index contributed by atoms with van der Waals surface area (Å²) in [5.41, 5.74) is 1.32. The maximum Gasteiger partial charge on any atom is 0.0996 e. The van der Waals surface area contributed by atoms with E-state index in [4.69, 9.17) is 4.74 Å². The zero-order valence-electron chi connectivity index (χ0n) is 12.6. The van der Waals surface area contributed by atoms with E-state index in [0.717, 1.165) is 23.0 Å². The van der Waals surface area contributed by atoms with Crippen LogP contribution in [0.4, 0.5) is 0 Å². The summed E-state index contributed by atoms with van der Waals surface area (Å²) in [6, 6.07) is 0. The van der Waals surface area contributed by atoms with E-state index in [1.807, 2.05) is 4.68 Å². The lowest BCUT2D eigenvalue weighted by atomic mass is 9.71. The molecular weight excluding hydrogens is 320 g/mol. The van der Waals surface area contributed by atoms with E-state index in [2.05, 4.69) is 34.9 Å². The molecule has 0 aromatic carbocycles. The minimum atomic E-state index is -0.445. The average Bonchev–Trinajstić information content (AvgIpc) is 2.76. The summed E-state index contributed by atoms with van der Waals surface area (Å²) < 4.78 is 7.86. The summed E-state index contributed by atoms with van der Waals surface area (Å²) in [4.78, 5) is 0. The van der Waals surface area contributed by atoms with Gasteiger partial charge < -0.3 is 9.84 Å². The van der Waals surface area contributed by atoms with Crippen molar-refractivity contribution in [2.45, 2.75) is 52.2 Å². The Kier molecular flexibility index (Phi) is 5.26. The van der Waals surface area contributed by atoms with Gasteiger partial charge in [0.1, 0.15) is 0 Å². The molecule has 4 nitrogen and oxygen atoms in total. The Morgan fingerprint density at radius 3 is 2.75 bits per heavy atom. The molecule has 1 N–H and O–H groups in total. The van der Waals surface area contributed by atoms with E-state index >= 15 is 0 Å². The minimum Gasteiger partial charge on any atom is -0.386 e. The number of methoxy groups -OCH3 is 1. The smallest absolute Gasteiger partial charge is 0.0996 e. The first kappa shape index (κ1) is 16.0. The first-order chi connectivity index (χ1) is 9.44. The van der Waals surface area contributed by atoms with Crippen molar-refractivity contribution in [2.75, 3.05) is 13.7 Å². The van der Waals surface area contributed by atoms with Crippen LogP contribution in [0, 0.1) is 11.3 Å². The number of hydrogen-bond acceptors (Lipinski definition) is 3. The number of aromatic nitrogens is 2. The second kappa shape index (κ2) is 6.58. The highest BCUT2D eigenvalue weighted by molar-refractivity contribution is 9.10. The summed E-state index contributed by atoms with van der Waals surface area (Å²) in [5, 5.41) is 15.1. The van der Waals surface area contributed by atoms with Crippen molar-refractivity contribution in [2.24, 2.45) is 11.3 Å². The monoisotopic (exact) mass is 344 g/mol. The normalized spacial score (nSPS) is 21.1. The van der Waals surface area contributed by atoms with Crippen molar-refractivity contribution in [3.8, 4) is 0 Å². The second-order valence-electron chi connectivity index (χ2n) is 6.54. The quantitative estimate of drug-likeness (QED) is 0.888. The van der Waals surface area contributed by atoms with E-state index < -0.39 is 6.10 Å². The van der Waals surface area contributed by atoms with Gasteiger partial charge in [0.2, 0.25) is 0 Å². The molecular formula is C15H25BrN2O2. The van der Waals surface area contributed by atoms with Crippen molar-refractivity contribution in [3.63, 3.8) is 0 Å². The third kappa shape index (κ3) is 3.62. The van der Waals surface area contributed by atoms with E-state index in [9.17, 15) is 5.11 Å². The lowest BCUT2D eigenvalue weighted by Gasteiger charge is -2.36. The summed E-state index contributed by atoms with van der Waals surface area (Å²) in [6.45, 7) is 5.90. The van der Waals surface area contributed by atoms with Crippen molar-refractivity contribution >= 4 is 15.9 Å². The molecule has 0 spiro atoms. The van der Waals surface area contributed by atoms with Gasteiger partial charge in [-0.15, -0.1) is 0 Å². The van der Waals surface area contributed by atoms with E-state index in [-0.39, 0.29) is 0 Å². The molecule has 114 valence electrons. The average molecular weight is 345 g/mol. The highest BCUT2D eigenvalue weighted by Crippen LogP contribution is 2.43. The van der Waals surface area contributed by atoms with Gasteiger partial charge in [0.15, 0.2) is 0 Å². The standard InChI is InChI=1S/C15H25BrN2O2/c1-15(2)6-4-11(5-7-15)14(19)13-12(16)10-17-18(13)8-9-20-3/h10-11,14,19H,4-9H2,1-3H3. The van der Waals surface area contributed by atoms with Crippen LogP contribution in [0.15, 0.2) is 10.7 Å². The molecule has 0 saturated heterocycles. The lowest BCUT2D eigenvalue weighted by molar-refractivity contribution is 0.0488. The Hall–Kier alpha value is -0.390. The van der Waals surface area contributed by atoms with Crippen LogP contribution in [0.3, 0.4) is 0 Å². The molecule has 1 fully saturated rings. The maximum atomic E-state index is 10.7. The van der Waals surface area contributed by atoms with E-state index in [0.29, 0.717) is 24.5 Å². The zero-order chi connectivity index (χ0) is 14.8. The van der Waals surface area contributed by atoms with Crippen LogP contribution < -0.4 is 0 Å².